The van der Waals surface area contributed by atoms with Gasteiger partial charge in [-0.15, -0.1) is 0 Å². The summed E-state index contributed by atoms with van der Waals surface area (Å²) in [6, 6.07) is 11.6. The van der Waals surface area contributed by atoms with Crippen LogP contribution in [0.3, 0.4) is 0 Å². The van der Waals surface area contributed by atoms with Crippen molar-refractivity contribution in [2.45, 2.75) is 0 Å². The molecule has 2 N–H and O–H groups in total. The van der Waals surface area contributed by atoms with Gasteiger partial charge in [-0.25, -0.2) is 4.98 Å². The van der Waals surface area contributed by atoms with Crippen molar-refractivity contribution in [3.05, 3.63) is 48.1 Å². The van der Waals surface area contributed by atoms with Crippen molar-refractivity contribution >= 4 is 24.1 Å². The number of hydrogen-bond donors (Lipinski definition) is 2. The van der Waals surface area contributed by atoms with E-state index in [1.54, 1.807) is 6.08 Å². The molecule has 4 heteroatoms. The van der Waals surface area contributed by atoms with Gasteiger partial charge in [-0.3, -0.25) is 0 Å². The lowest BCUT2D eigenvalue weighted by molar-refractivity contribution is 0.424. The standard InChI is InChI=1S/C11H10BNO2/c14-12(15)8-7-10-6-5-9-3-1-2-4-11(9)13-10/h1-8,14-15H/b8-7+. The molecule has 0 aliphatic rings. The van der Waals surface area contributed by atoms with Crippen LogP contribution in [0.5, 0.6) is 0 Å². The SMILES string of the molecule is OB(O)/C=C/c1ccc2ccccc2n1. The highest BCUT2D eigenvalue weighted by atomic mass is 16.4. The zero-order chi connectivity index (χ0) is 10.7. The monoisotopic (exact) mass is 199 g/mol. The molecule has 3 nitrogen and oxygen atoms in total. The first-order valence-corrected chi connectivity index (χ1v) is 4.66. The zero-order valence-corrected chi connectivity index (χ0v) is 8.04. The third-order valence-electron chi connectivity index (χ3n) is 2.06. The van der Waals surface area contributed by atoms with Crippen molar-refractivity contribution in [1.82, 2.24) is 4.98 Å². The Labute approximate surface area is 87.9 Å². The van der Waals surface area contributed by atoms with Crippen LogP contribution in [0.25, 0.3) is 17.0 Å². The minimum Gasteiger partial charge on any atom is -0.424 e. The molecule has 1 heterocycles. The molecule has 0 aliphatic heterocycles. The summed E-state index contributed by atoms with van der Waals surface area (Å²) in [4.78, 5) is 4.34. The molecule has 2 rings (SSSR count). The van der Waals surface area contributed by atoms with Crippen molar-refractivity contribution in [3.63, 3.8) is 0 Å². The summed E-state index contributed by atoms with van der Waals surface area (Å²) < 4.78 is 0. The van der Waals surface area contributed by atoms with E-state index in [0.717, 1.165) is 10.9 Å². The Morgan fingerprint density at radius 3 is 2.67 bits per heavy atom. The number of pyridine rings is 1. The Morgan fingerprint density at radius 1 is 1.07 bits per heavy atom. The van der Waals surface area contributed by atoms with Gasteiger partial charge in [0.15, 0.2) is 0 Å². The lowest BCUT2D eigenvalue weighted by Crippen LogP contribution is -2.05. The van der Waals surface area contributed by atoms with E-state index in [0.29, 0.717) is 5.69 Å². The van der Waals surface area contributed by atoms with E-state index in [9.17, 15) is 0 Å². The second-order valence-electron chi connectivity index (χ2n) is 3.20. The fourth-order valence-electron chi connectivity index (χ4n) is 1.36. The molecule has 0 spiro atoms. The molecule has 0 atom stereocenters. The fraction of sp³-hybridized carbons (Fsp3) is 0. The molecule has 0 saturated carbocycles. The van der Waals surface area contributed by atoms with Crippen molar-refractivity contribution in [3.8, 4) is 0 Å². The Balaban J connectivity index is 2.39. The smallest absolute Gasteiger partial charge is 0.424 e. The van der Waals surface area contributed by atoms with E-state index >= 15 is 0 Å². The number of hydrogen-bond acceptors (Lipinski definition) is 3. The van der Waals surface area contributed by atoms with Crippen LogP contribution in [0.15, 0.2) is 42.4 Å². The number of para-hydroxylation sites is 1. The molecule has 0 radical (unpaired) electrons. The first-order valence-electron chi connectivity index (χ1n) is 4.66. The Kier molecular flexibility index (Phi) is 2.80. The van der Waals surface area contributed by atoms with E-state index in [2.05, 4.69) is 4.98 Å². The second-order valence-corrected chi connectivity index (χ2v) is 3.20. The van der Waals surface area contributed by atoms with E-state index in [1.165, 1.54) is 5.98 Å². The minimum absolute atomic E-state index is 0.710. The van der Waals surface area contributed by atoms with E-state index in [1.807, 2.05) is 36.4 Å². The molecule has 0 aliphatic carbocycles. The van der Waals surface area contributed by atoms with Gasteiger partial charge in [-0.1, -0.05) is 30.2 Å². The molecular formula is C11H10BNO2. The van der Waals surface area contributed by atoms with E-state index < -0.39 is 7.12 Å². The van der Waals surface area contributed by atoms with Gasteiger partial charge in [0.05, 0.1) is 11.2 Å². The normalized spacial score (nSPS) is 11.1. The van der Waals surface area contributed by atoms with Crippen molar-refractivity contribution in [1.29, 1.82) is 0 Å². The molecule has 1 aromatic heterocycles. The average molecular weight is 199 g/mol. The molecule has 0 bridgehead atoms. The lowest BCUT2D eigenvalue weighted by Gasteiger charge is -1.97. The molecule has 1 aromatic carbocycles. The number of aromatic nitrogens is 1. The summed E-state index contributed by atoms with van der Waals surface area (Å²) >= 11 is 0. The average Bonchev–Trinajstić information content (AvgIpc) is 2.26. The molecular weight excluding hydrogens is 189 g/mol. The summed E-state index contributed by atoms with van der Waals surface area (Å²) in [7, 11) is -1.43. The summed E-state index contributed by atoms with van der Waals surface area (Å²) in [6.07, 6.45) is 1.58. The van der Waals surface area contributed by atoms with Crippen LogP contribution in [0.1, 0.15) is 5.69 Å². The van der Waals surface area contributed by atoms with Crippen LogP contribution in [-0.2, 0) is 0 Å². The molecule has 0 unspecified atom stereocenters. The van der Waals surface area contributed by atoms with Crippen LogP contribution < -0.4 is 0 Å². The van der Waals surface area contributed by atoms with Gasteiger partial charge < -0.3 is 10.0 Å². The molecule has 0 saturated heterocycles. The maximum Gasteiger partial charge on any atom is 0.480 e. The highest BCUT2D eigenvalue weighted by molar-refractivity contribution is 6.48. The van der Waals surface area contributed by atoms with Gasteiger partial charge in [0, 0.05) is 5.39 Å². The topological polar surface area (TPSA) is 53.4 Å². The molecule has 15 heavy (non-hydrogen) atoms. The summed E-state index contributed by atoms with van der Waals surface area (Å²) in [5.74, 6) is 1.27. The first kappa shape index (κ1) is 9.89. The third-order valence-corrected chi connectivity index (χ3v) is 2.06. The number of nitrogens with zero attached hydrogens (tertiary/aromatic N) is 1. The Hall–Kier alpha value is -1.65. The molecule has 0 amide bonds. The van der Waals surface area contributed by atoms with Crippen molar-refractivity contribution in [2.24, 2.45) is 0 Å². The maximum absolute atomic E-state index is 8.67. The second kappa shape index (κ2) is 4.25. The number of rotatable bonds is 2. The maximum atomic E-state index is 8.67. The summed E-state index contributed by atoms with van der Waals surface area (Å²) in [5.41, 5.74) is 1.61. The van der Waals surface area contributed by atoms with E-state index in [4.69, 9.17) is 10.0 Å². The molecule has 2 aromatic rings. The van der Waals surface area contributed by atoms with Gasteiger partial charge >= 0.3 is 7.12 Å². The van der Waals surface area contributed by atoms with Crippen molar-refractivity contribution < 1.29 is 10.0 Å². The number of benzene rings is 1. The van der Waals surface area contributed by atoms with Gasteiger partial charge in [0.2, 0.25) is 0 Å². The van der Waals surface area contributed by atoms with Gasteiger partial charge in [-0.05, 0) is 18.2 Å². The van der Waals surface area contributed by atoms with Crippen LogP contribution >= 0.6 is 0 Å². The van der Waals surface area contributed by atoms with Gasteiger partial charge in [0.25, 0.3) is 0 Å². The summed E-state index contributed by atoms with van der Waals surface area (Å²) in [6.45, 7) is 0. The first-order chi connectivity index (χ1) is 7.25. The minimum atomic E-state index is -1.43. The predicted molar refractivity (Wildman–Crippen MR) is 61.0 cm³/mol. The summed E-state index contributed by atoms with van der Waals surface area (Å²) in [5, 5.41) is 18.4. The van der Waals surface area contributed by atoms with Crippen LogP contribution in [-0.4, -0.2) is 22.2 Å². The Bertz CT molecular complexity index is 497. The largest absolute Gasteiger partial charge is 0.480 e. The molecule has 74 valence electrons. The van der Waals surface area contributed by atoms with Crippen LogP contribution in [0.4, 0.5) is 0 Å². The van der Waals surface area contributed by atoms with Crippen molar-refractivity contribution in [2.75, 3.05) is 0 Å². The van der Waals surface area contributed by atoms with Gasteiger partial charge in [0.1, 0.15) is 0 Å². The lowest BCUT2D eigenvalue weighted by atomic mass is 9.91. The quantitative estimate of drug-likeness (QED) is 0.715. The fourth-order valence-corrected chi connectivity index (χ4v) is 1.36. The van der Waals surface area contributed by atoms with Crippen LogP contribution in [0.2, 0.25) is 0 Å². The number of fused-ring (bicyclic) bond motifs is 1. The molecule has 0 fully saturated rings. The zero-order valence-electron chi connectivity index (χ0n) is 8.04. The highest BCUT2D eigenvalue weighted by Gasteiger charge is 1.99. The Morgan fingerprint density at radius 2 is 1.87 bits per heavy atom. The van der Waals surface area contributed by atoms with Gasteiger partial charge in [-0.2, -0.15) is 0 Å². The third kappa shape index (κ3) is 2.43. The van der Waals surface area contributed by atoms with Crippen LogP contribution in [0, 0.1) is 0 Å². The highest BCUT2D eigenvalue weighted by Crippen LogP contribution is 2.12. The van der Waals surface area contributed by atoms with E-state index in [-0.39, 0.29) is 0 Å². The predicted octanol–water partition coefficient (Wildman–Crippen LogP) is 1.26.